The summed E-state index contributed by atoms with van der Waals surface area (Å²) in [5.41, 5.74) is 7.43. The van der Waals surface area contributed by atoms with E-state index >= 15 is 0 Å². The van der Waals surface area contributed by atoms with Crippen LogP contribution in [0.4, 0.5) is 10.5 Å². The number of phenolic OH excluding ortho intramolecular Hbond substituents is 1. The molecule has 2 aromatic rings. The lowest BCUT2D eigenvalue weighted by atomic mass is 9.89. The number of piperidine rings is 1. The Balaban J connectivity index is 1.59. The van der Waals surface area contributed by atoms with Gasteiger partial charge in [-0.3, -0.25) is 4.79 Å². The van der Waals surface area contributed by atoms with Gasteiger partial charge in [0, 0.05) is 24.3 Å². The zero-order valence-corrected chi connectivity index (χ0v) is 13.8. The fourth-order valence-electron chi connectivity index (χ4n) is 3.18. The van der Waals surface area contributed by atoms with E-state index in [2.05, 4.69) is 5.32 Å². The van der Waals surface area contributed by atoms with Crippen LogP contribution in [0.3, 0.4) is 0 Å². The number of amides is 3. The lowest BCUT2D eigenvalue weighted by Gasteiger charge is -2.32. The zero-order valence-electron chi connectivity index (χ0n) is 13.8. The summed E-state index contributed by atoms with van der Waals surface area (Å²) in [6.45, 7) is 1.40. The second-order valence-corrected chi connectivity index (χ2v) is 6.22. The monoisotopic (exact) mass is 339 g/mol. The van der Waals surface area contributed by atoms with Crippen molar-refractivity contribution in [3.05, 3.63) is 59.7 Å². The van der Waals surface area contributed by atoms with Gasteiger partial charge in [-0.15, -0.1) is 0 Å². The number of benzene rings is 2. The molecule has 3 rings (SSSR count). The Morgan fingerprint density at radius 1 is 1.00 bits per heavy atom. The van der Waals surface area contributed by atoms with Gasteiger partial charge >= 0.3 is 6.03 Å². The second kappa shape index (κ2) is 7.25. The summed E-state index contributed by atoms with van der Waals surface area (Å²) in [5, 5.41) is 11.9. The number of urea groups is 1. The number of carbonyl (C=O) groups is 2. The van der Waals surface area contributed by atoms with Crippen LogP contribution < -0.4 is 11.1 Å². The Kier molecular flexibility index (Phi) is 4.88. The molecule has 4 N–H and O–H groups in total. The fourth-order valence-corrected chi connectivity index (χ4v) is 3.18. The molecule has 0 bridgehead atoms. The summed E-state index contributed by atoms with van der Waals surface area (Å²) in [4.78, 5) is 25.3. The highest BCUT2D eigenvalue weighted by atomic mass is 16.3. The lowest BCUT2D eigenvalue weighted by molar-refractivity contribution is 0.0713. The average molecular weight is 339 g/mol. The molecule has 0 atom stereocenters. The van der Waals surface area contributed by atoms with Crippen molar-refractivity contribution in [2.24, 2.45) is 5.73 Å². The van der Waals surface area contributed by atoms with Crippen LogP contribution in [0.15, 0.2) is 48.5 Å². The quantitative estimate of drug-likeness (QED) is 0.802. The molecule has 0 saturated carbocycles. The molecule has 1 aliphatic heterocycles. The van der Waals surface area contributed by atoms with Crippen LogP contribution >= 0.6 is 0 Å². The van der Waals surface area contributed by atoms with Crippen LogP contribution in [0.5, 0.6) is 5.75 Å². The Bertz CT molecular complexity index is 748. The first-order chi connectivity index (χ1) is 12.0. The second-order valence-electron chi connectivity index (χ2n) is 6.22. The van der Waals surface area contributed by atoms with E-state index in [0.29, 0.717) is 30.3 Å². The van der Waals surface area contributed by atoms with E-state index in [-0.39, 0.29) is 11.7 Å². The van der Waals surface area contributed by atoms with Crippen LogP contribution in [0.25, 0.3) is 0 Å². The third-order valence-corrected chi connectivity index (χ3v) is 4.55. The van der Waals surface area contributed by atoms with Crippen molar-refractivity contribution in [3.63, 3.8) is 0 Å². The molecule has 3 amide bonds. The molecule has 6 heteroatoms. The van der Waals surface area contributed by atoms with E-state index in [1.54, 1.807) is 36.4 Å². The van der Waals surface area contributed by atoms with Gasteiger partial charge in [-0.1, -0.05) is 12.1 Å². The van der Waals surface area contributed by atoms with E-state index in [1.165, 1.54) is 5.56 Å². The van der Waals surface area contributed by atoms with Crippen molar-refractivity contribution in [1.82, 2.24) is 4.90 Å². The van der Waals surface area contributed by atoms with Gasteiger partial charge in [0.05, 0.1) is 0 Å². The van der Waals surface area contributed by atoms with E-state index in [9.17, 15) is 14.7 Å². The predicted octanol–water partition coefficient (Wildman–Crippen LogP) is 2.90. The van der Waals surface area contributed by atoms with Crippen LogP contribution in [0.1, 0.15) is 34.7 Å². The zero-order chi connectivity index (χ0) is 17.8. The summed E-state index contributed by atoms with van der Waals surface area (Å²) in [5.74, 6) is 0.673. The highest BCUT2D eigenvalue weighted by Crippen LogP contribution is 2.29. The third kappa shape index (κ3) is 4.09. The number of aromatic hydroxyl groups is 1. The molecule has 2 aromatic carbocycles. The maximum atomic E-state index is 12.6. The van der Waals surface area contributed by atoms with Gasteiger partial charge in [0.1, 0.15) is 5.75 Å². The van der Waals surface area contributed by atoms with E-state index in [1.807, 2.05) is 17.0 Å². The minimum atomic E-state index is -0.629. The first-order valence-corrected chi connectivity index (χ1v) is 8.27. The van der Waals surface area contributed by atoms with Crippen LogP contribution in [0.2, 0.25) is 0 Å². The number of likely N-dealkylation sites (tertiary alicyclic amines) is 1. The number of carbonyl (C=O) groups excluding carboxylic acids is 2. The normalized spacial score (nSPS) is 15.0. The smallest absolute Gasteiger partial charge is 0.316 e. The van der Waals surface area contributed by atoms with Crippen molar-refractivity contribution >= 4 is 17.6 Å². The molecule has 1 fully saturated rings. The molecular formula is C19H21N3O3. The minimum Gasteiger partial charge on any atom is -0.508 e. The highest BCUT2D eigenvalue weighted by molar-refractivity contribution is 5.95. The van der Waals surface area contributed by atoms with E-state index in [4.69, 9.17) is 5.73 Å². The number of anilines is 1. The van der Waals surface area contributed by atoms with Gasteiger partial charge in [-0.05, 0) is 60.7 Å². The molecule has 0 aromatic heterocycles. The van der Waals surface area contributed by atoms with Crippen molar-refractivity contribution in [2.45, 2.75) is 18.8 Å². The van der Waals surface area contributed by atoms with Gasteiger partial charge in [0.25, 0.3) is 5.91 Å². The number of primary amides is 1. The molecule has 0 unspecified atom stereocenters. The van der Waals surface area contributed by atoms with Gasteiger partial charge in [-0.25, -0.2) is 4.79 Å². The molecule has 0 radical (unpaired) electrons. The molecule has 1 saturated heterocycles. The van der Waals surface area contributed by atoms with Gasteiger partial charge in [-0.2, -0.15) is 0 Å². The highest BCUT2D eigenvalue weighted by Gasteiger charge is 2.24. The number of hydrogen-bond acceptors (Lipinski definition) is 3. The lowest BCUT2D eigenvalue weighted by Crippen LogP contribution is -2.37. The first-order valence-electron chi connectivity index (χ1n) is 8.27. The molecule has 1 aliphatic rings. The number of phenols is 1. The summed E-state index contributed by atoms with van der Waals surface area (Å²) in [7, 11) is 0. The number of nitrogens with two attached hydrogens (primary N) is 1. The van der Waals surface area contributed by atoms with Gasteiger partial charge < -0.3 is 21.1 Å². The maximum Gasteiger partial charge on any atom is 0.316 e. The number of nitrogens with zero attached hydrogens (tertiary/aromatic N) is 1. The maximum absolute atomic E-state index is 12.6. The summed E-state index contributed by atoms with van der Waals surface area (Å²) in [6.07, 6.45) is 1.80. The molecule has 1 heterocycles. The fraction of sp³-hybridized carbons (Fsp3) is 0.263. The average Bonchev–Trinajstić information content (AvgIpc) is 2.62. The molecule has 0 spiro atoms. The Hall–Kier alpha value is -3.02. The van der Waals surface area contributed by atoms with E-state index in [0.717, 1.165) is 12.8 Å². The Morgan fingerprint density at radius 3 is 2.16 bits per heavy atom. The van der Waals surface area contributed by atoms with Crippen molar-refractivity contribution in [2.75, 3.05) is 18.4 Å². The third-order valence-electron chi connectivity index (χ3n) is 4.55. The van der Waals surface area contributed by atoms with Crippen LogP contribution in [-0.4, -0.2) is 35.0 Å². The Morgan fingerprint density at radius 2 is 1.60 bits per heavy atom. The Labute approximate surface area is 146 Å². The number of rotatable bonds is 3. The summed E-state index contributed by atoms with van der Waals surface area (Å²) >= 11 is 0. The van der Waals surface area contributed by atoms with Gasteiger partial charge in [0.15, 0.2) is 0 Å². The summed E-state index contributed by atoms with van der Waals surface area (Å²) in [6, 6.07) is 13.4. The number of nitrogens with one attached hydrogen (secondary N) is 1. The largest absolute Gasteiger partial charge is 0.508 e. The minimum absolute atomic E-state index is 0.00483. The molecule has 6 nitrogen and oxygen atoms in total. The molecule has 25 heavy (non-hydrogen) atoms. The van der Waals surface area contributed by atoms with Crippen LogP contribution in [-0.2, 0) is 0 Å². The first kappa shape index (κ1) is 16.8. The van der Waals surface area contributed by atoms with Crippen molar-refractivity contribution in [1.29, 1.82) is 0 Å². The number of hydrogen-bond donors (Lipinski definition) is 3. The van der Waals surface area contributed by atoms with Crippen LogP contribution in [0, 0.1) is 0 Å². The molecule has 130 valence electrons. The van der Waals surface area contributed by atoms with Gasteiger partial charge in [0.2, 0.25) is 0 Å². The van der Waals surface area contributed by atoms with E-state index < -0.39 is 6.03 Å². The summed E-state index contributed by atoms with van der Waals surface area (Å²) < 4.78 is 0. The SMILES string of the molecule is NC(=O)Nc1ccc(C(=O)N2CCC(c3ccc(O)cc3)CC2)cc1. The van der Waals surface area contributed by atoms with Crippen molar-refractivity contribution in [3.8, 4) is 5.75 Å². The van der Waals surface area contributed by atoms with Crippen molar-refractivity contribution < 1.29 is 14.7 Å². The topological polar surface area (TPSA) is 95.7 Å². The molecular weight excluding hydrogens is 318 g/mol. The molecule has 0 aliphatic carbocycles. The predicted molar refractivity (Wildman–Crippen MR) is 95.6 cm³/mol. The standard InChI is InChI=1S/C19H21N3O3/c20-19(25)21-16-5-1-15(2-6-16)18(24)22-11-9-14(10-12-22)13-3-7-17(23)8-4-13/h1-8,14,23H,9-12H2,(H3,20,21,25).